The van der Waals surface area contributed by atoms with Crippen molar-refractivity contribution >= 4 is 51.5 Å². The normalized spacial score (nSPS) is 13.9. The highest BCUT2D eigenvalue weighted by molar-refractivity contribution is 14.0. The van der Waals surface area contributed by atoms with E-state index in [0.29, 0.717) is 24.8 Å². The number of aliphatic imine (C=N–C) groups is 1. The number of fused-ring (bicyclic) bond motifs is 1. The zero-order valence-corrected chi connectivity index (χ0v) is 19.1. The van der Waals surface area contributed by atoms with Gasteiger partial charge in [0, 0.05) is 23.4 Å². The Morgan fingerprint density at radius 1 is 1.33 bits per heavy atom. The number of hydrogen-bond donors (Lipinski definition) is 3. The van der Waals surface area contributed by atoms with Gasteiger partial charge in [0.25, 0.3) is 0 Å². The van der Waals surface area contributed by atoms with Gasteiger partial charge < -0.3 is 24.6 Å². The van der Waals surface area contributed by atoms with Crippen LogP contribution in [0.5, 0.6) is 0 Å². The van der Waals surface area contributed by atoms with Crippen molar-refractivity contribution in [2.24, 2.45) is 4.99 Å². The van der Waals surface area contributed by atoms with Crippen LogP contribution >= 0.6 is 39.9 Å². The fraction of sp³-hybridized carbons (Fsp3) is 0.333. The average molecular weight is 548 g/mol. The van der Waals surface area contributed by atoms with Crippen LogP contribution in [0.4, 0.5) is 0 Å². The average Bonchev–Trinajstić information content (AvgIpc) is 3.26. The van der Waals surface area contributed by atoms with Crippen LogP contribution in [0.15, 0.2) is 56.8 Å². The maximum absolute atomic E-state index is 10.5. The third kappa shape index (κ3) is 5.69. The molecule has 0 aromatic carbocycles. The highest BCUT2D eigenvalue weighted by atomic mass is 127. The fourth-order valence-electron chi connectivity index (χ4n) is 2.52. The summed E-state index contributed by atoms with van der Waals surface area (Å²) in [7, 11) is 0. The van der Waals surface area contributed by atoms with Crippen molar-refractivity contribution in [3.63, 3.8) is 0 Å². The molecule has 3 N–H and O–H groups in total. The zero-order valence-electron chi connectivity index (χ0n) is 15.1. The first-order valence-corrected chi connectivity index (χ1v) is 9.19. The Balaban J connectivity index is 0.00000261. The lowest BCUT2D eigenvalue weighted by Gasteiger charge is -2.22. The molecule has 0 aliphatic carbocycles. The number of aromatic nitrogens is 2. The van der Waals surface area contributed by atoms with Crippen molar-refractivity contribution in [2.45, 2.75) is 26.0 Å². The molecule has 3 aromatic heterocycles. The SMILES string of the molecule is CCNC(=NCc1cn2cc(Br)ccc2n1)NCC(C)(O)c1ccco1.I. The summed E-state index contributed by atoms with van der Waals surface area (Å²) in [6.07, 6.45) is 5.45. The Labute approximate surface area is 183 Å². The molecule has 1 atom stereocenters. The molecule has 1 unspecified atom stereocenters. The van der Waals surface area contributed by atoms with Gasteiger partial charge in [-0.25, -0.2) is 9.98 Å². The quantitative estimate of drug-likeness (QED) is 0.250. The van der Waals surface area contributed by atoms with Crippen molar-refractivity contribution in [1.82, 2.24) is 20.0 Å². The van der Waals surface area contributed by atoms with Crippen molar-refractivity contribution in [2.75, 3.05) is 13.1 Å². The summed E-state index contributed by atoms with van der Waals surface area (Å²) in [6, 6.07) is 7.41. The minimum absolute atomic E-state index is 0. The Kier molecular flexibility index (Phi) is 7.68. The minimum atomic E-state index is -1.13. The molecule has 146 valence electrons. The molecule has 27 heavy (non-hydrogen) atoms. The minimum Gasteiger partial charge on any atom is -0.466 e. The van der Waals surface area contributed by atoms with E-state index in [1.165, 1.54) is 0 Å². The molecule has 0 aliphatic heterocycles. The first-order valence-electron chi connectivity index (χ1n) is 8.39. The standard InChI is InChI=1S/C18H22BrN5O2.HI/c1-3-20-17(22-12-18(2,25)15-5-4-8-26-15)21-9-14-11-24-10-13(19)6-7-16(24)23-14;/h4-8,10-11,25H,3,9,12H2,1-2H3,(H2,20,21,22);1H. The van der Waals surface area contributed by atoms with E-state index in [-0.39, 0.29) is 30.5 Å². The van der Waals surface area contributed by atoms with Crippen molar-refractivity contribution < 1.29 is 9.52 Å². The topological polar surface area (TPSA) is 87.1 Å². The first kappa shape index (κ1) is 21.7. The smallest absolute Gasteiger partial charge is 0.191 e. The van der Waals surface area contributed by atoms with Gasteiger partial charge in [0.15, 0.2) is 5.96 Å². The van der Waals surface area contributed by atoms with Gasteiger partial charge in [0.1, 0.15) is 17.0 Å². The van der Waals surface area contributed by atoms with E-state index in [0.717, 1.165) is 15.8 Å². The van der Waals surface area contributed by atoms with Gasteiger partial charge in [-0.3, -0.25) is 0 Å². The first-order chi connectivity index (χ1) is 12.5. The van der Waals surface area contributed by atoms with Crippen LogP contribution in [0.25, 0.3) is 5.65 Å². The molecule has 9 heteroatoms. The number of imidazole rings is 1. The van der Waals surface area contributed by atoms with Gasteiger partial charge in [0.2, 0.25) is 0 Å². The van der Waals surface area contributed by atoms with E-state index < -0.39 is 5.60 Å². The second kappa shape index (κ2) is 9.56. The van der Waals surface area contributed by atoms with Gasteiger partial charge in [-0.15, -0.1) is 24.0 Å². The highest BCUT2D eigenvalue weighted by Crippen LogP contribution is 2.19. The van der Waals surface area contributed by atoms with E-state index >= 15 is 0 Å². The Bertz CT molecular complexity index is 892. The van der Waals surface area contributed by atoms with E-state index in [2.05, 4.69) is 36.5 Å². The summed E-state index contributed by atoms with van der Waals surface area (Å²) in [5.41, 5.74) is 0.602. The van der Waals surface area contributed by atoms with E-state index in [1.807, 2.05) is 35.9 Å². The Hall–Kier alpha value is -1.59. The van der Waals surface area contributed by atoms with Crippen LogP contribution in [0.2, 0.25) is 0 Å². The largest absolute Gasteiger partial charge is 0.466 e. The van der Waals surface area contributed by atoms with E-state index in [1.54, 1.807) is 25.3 Å². The number of nitrogens with one attached hydrogen (secondary N) is 2. The third-order valence-electron chi connectivity index (χ3n) is 3.86. The monoisotopic (exact) mass is 547 g/mol. The third-order valence-corrected chi connectivity index (χ3v) is 4.33. The predicted octanol–water partition coefficient (Wildman–Crippen LogP) is 3.27. The van der Waals surface area contributed by atoms with Crippen LogP contribution in [0.3, 0.4) is 0 Å². The molecule has 0 fully saturated rings. The molecule has 0 saturated heterocycles. The lowest BCUT2D eigenvalue weighted by atomic mass is 10.0. The number of nitrogens with zero attached hydrogens (tertiary/aromatic N) is 3. The summed E-state index contributed by atoms with van der Waals surface area (Å²) in [5, 5.41) is 16.9. The van der Waals surface area contributed by atoms with Crippen molar-refractivity contribution in [1.29, 1.82) is 0 Å². The molecule has 0 saturated carbocycles. The molecule has 3 heterocycles. The van der Waals surface area contributed by atoms with Crippen LogP contribution < -0.4 is 10.6 Å². The maximum atomic E-state index is 10.5. The van der Waals surface area contributed by atoms with Gasteiger partial charge in [-0.05, 0) is 54.0 Å². The number of halogens is 2. The molecule has 0 bridgehead atoms. The lowest BCUT2D eigenvalue weighted by Crippen LogP contribution is -2.44. The second-order valence-electron chi connectivity index (χ2n) is 6.14. The van der Waals surface area contributed by atoms with Gasteiger partial charge in [-0.2, -0.15) is 0 Å². The second-order valence-corrected chi connectivity index (χ2v) is 7.06. The van der Waals surface area contributed by atoms with Crippen LogP contribution in [0, 0.1) is 0 Å². The van der Waals surface area contributed by atoms with E-state index in [4.69, 9.17) is 4.42 Å². The van der Waals surface area contributed by atoms with Crippen LogP contribution in [-0.2, 0) is 12.1 Å². The summed E-state index contributed by atoms with van der Waals surface area (Å²) in [4.78, 5) is 9.10. The molecule has 7 nitrogen and oxygen atoms in total. The summed E-state index contributed by atoms with van der Waals surface area (Å²) >= 11 is 3.45. The van der Waals surface area contributed by atoms with Crippen molar-refractivity contribution in [3.05, 3.63) is 58.8 Å². The predicted molar refractivity (Wildman–Crippen MR) is 119 cm³/mol. The number of rotatable bonds is 6. The number of guanidine groups is 1. The molecule has 0 amide bonds. The molecule has 3 aromatic rings. The van der Waals surface area contributed by atoms with Gasteiger partial charge in [-0.1, -0.05) is 0 Å². The molecule has 0 aliphatic rings. The number of hydrogen-bond acceptors (Lipinski definition) is 4. The number of aliphatic hydroxyl groups is 1. The molecule has 0 radical (unpaired) electrons. The Morgan fingerprint density at radius 2 is 2.15 bits per heavy atom. The highest BCUT2D eigenvalue weighted by Gasteiger charge is 2.26. The number of pyridine rings is 1. The summed E-state index contributed by atoms with van der Waals surface area (Å²) in [5.74, 6) is 1.12. The fourth-order valence-corrected chi connectivity index (χ4v) is 2.88. The zero-order chi connectivity index (χ0) is 18.6. The van der Waals surface area contributed by atoms with Gasteiger partial charge >= 0.3 is 0 Å². The van der Waals surface area contributed by atoms with Crippen molar-refractivity contribution in [3.8, 4) is 0 Å². The van der Waals surface area contributed by atoms with Gasteiger partial charge in [0.05, 0.1) is 25.0 Å². The molecular formula is C18H23BrIN5O2. The molecule has 0 spiro atoms. The molecule has 3 rings (SSSR count). The van der Waals surface area contributed by atoms with Crippen LogP contribution in [0.1, 0.15) is 25.3 Å². The summed E-state index contributed by atoms with van der Waals surface area (Å²) in [6.45, 7) is 5.10. The molecular weight excluding hydrogens is 525 g/mol. The maximum Gasteiger partial charge on any atom is 0.191 e. The Morgan fingerprint density at radius 3 is 2.85 bits per heavy atom. The summed E-state index contributed by atoms with van der Waals surface area (Å²) < 4.78 is 8.24. The lowest BCUT2D eigenvalue weighted by molar-refractivity contribution is 0.0386. The number of furan rings is 1. The van der Waals surface area contributed by atoms with Crippen LogP contribution in [-0.4, -0.2) is 33.5 Å². The van der Waals surface area contributed by atoms with E-state index in [9.17, 15) is 5.11 Å².